The summed E-state index contributed by atoms with van der Waals surface area (Å²) in [6.07, 6.45) is 1.34. The third-order valence-electron chi connectivity index (χ3n) is 6.48. The molecule has 2 aliphatic heterocycles. The summed E-state index contributed by atoms with van der Waals surface area (Å²) in [5.74, 6) is 5.52. The lowest BCUT2D eigenvalue weighted by molar-refractivity contribution is -0.127. The van der Waals surface area contributed by atoms with Crippen molar-refractivity contribution in [3.8, 4) is 40.7 Å². The van der Waals surface area contributed by atoms with E-state index in [1.165, 1.54) is 25.3 Å². The van der Waals surface area contributed by atoms with E-state index < -0.39 is 17.2 Å². The fraction of sp³-hybridized carbons (Fsp3) is 0.214. The number of fused-ring (bicyclic) bond motifs is 1. The van der Waals surface area contributed by atoms with Crippen molar-refractivity contribution in [1.82, 2.24) is 20.2 Å². The molecule has 1 fully saturated rings. The molecule has 1 aromatic carbocycles. The van der Waals surface area contributed by atoms with Gasteiger partial charge in [-0.3, -0.25) is 19.7 Å². The molecular formula is C28H21N5O5. The number of pyridine rings is 2. The Kier molecular flexibility index (Phi) is 6.23. The summed E-state index contributed by atoms with van der Waals surface area (Å²) >= 11 is 0. The third kappa shape index (κ3) is 4.40. The van der Waals surface area contributed by atoms with Crippen molar-refractivity contribution in [3.63, 3.8) is 0 Å². The van der Waals surface area contributed by atoms with Crippen LogP contribution in [0.2, 0.25) is 0 Å². The van der Waals surface area contributed by atoms with Crippen LogP contribution in [0.1, 0.15) is 33.7 Å². The van der Waals surface area contributed by atoms with Crippen LogP contribution in [0.25, 0.3) is 11.3 Å². The molecule has 0 spiro atoms. The molecule has 10 heteroatoms. The van der Waals surface area contributed by atoms with Crippen LogP contribution in [0.3, 0.4) is 0 Å². The lowest BCUT2D eigenvalue weighted by Crippen LogP contribution is -2.42. The van der Waals surface area contributed by atoms with E-state index in [1.807, 2.05) is 12.1 Å². The molecule has 188 valence electrons. The average molecular weight is 508 g/mol. The molecule has 4 heterocycles. The van der Waals surface area contributed by atoms with Gasteiger partial charge in [-0.2, -0.15) is 5.26 Å². The van der Waals surface area contributed by atoms with Crippen LogP contribution in [0.15, 0.2) is 48.7 Å². The molecular weight excluding hydrogens is 486 g/mol. The molecule has 5 rings (SSSR count). The summed E-state index contributed by atoms with van der Waals surface area (Å²) < 4.78 is 10.6. The van der Waals surface area contributed by atoms with Gasteiger partial charge in [0.15, 0.2) is 11.4 Å². The maximum atomic E-state index is 13.2. The number of amides is 3. The van der Waals surface area contributed by atoms with Crippen LogP contribution in [0.5, 0.6) is 11.5 Å². The SMILES string of the molecule is COc1ccc2c(c1)C(=O)N(C[C@@]1(C#Cc3nc(-c4ccc(C#N)nc4)ccc3OC)CC(=O)NC1=O)C2. The van der Waals surface area contributed by atoms with Gasteiger partial charge in [-0.05, 0) is 47.9 Å². The van der Waals surface area contributed by atoms with E-state index in [9.17, 15) is 14.4 Å². The number of nitrogens with one attached hydrogen (secondary N) is 1. The number of rotatable bonds is 5. The first kappa shape index (κ1) is 24.5. The minimum absolute atomic E-state index is 0.0745. The van der Waals surface area contributed by atoms with Crippen LogP contribution in [-0.4, -0.2) is 53.4 Å². The van der Waals surface area contributed by atoms with Gasteiger partial charge < -0.3 is 14.4 Å². The Bertz CT molecular complexity index is 1580. The van der Waals surface area contributed by atoms with E-state index >= 15 is 0 Å². The number of hydrogen-bond acceptors (Lipinski definition) is 8. The Hall–Kier alpha value is -5.22. The normalized spacial score (nSPS) is 17.8. The number of benzene rings is 1. The molecule has 10 nitrogen and oxygen atoms in total. The first-order valence-electron chi connectivity index (χ1n) is 11.6. The van der Waals surface area contributed by atoms with Gasteiger partial charge in [0.25, 0.3) is 5.91 Å². The number of ether oxygens (including phenoxy) is 2. The molecule has 0 bridgehead atoms. The van der Waals surface area contributed by atoms with Crippen molar-refractivity contribution >= 4 is 17.7 Å². The van der Waals surface area contributed by atoms with E-state index in [0.717, 1.165) is 5.56 Å². The lowest BCUT2D eigenvalue weighted by atomic mass is 9.86. The van der Waals surface area contributed by atoms with Crippen molar-refractivity contribution in [2.24, 2.45) is 5.41 Å². The van der Waals surface area contributed by atoms with E-state index in [-0.39, 0.29) is 36.8 Å². The summed E-state index contributed by atoms with van der Waals surface area (Å²) in [4.78, 5) is 48.6. The van der Waals surface area contributed by atoms with Crippen LogP contribution in [0.4, 0.5) is 0 Å². The summed E-state index contributed by atoms with van der Waals surface area (Å²) in [6, 6.07) is 13.9. The predicted octanol–water partition coefficient (Wildman–Crippen LogP) is 2.07. The molecule has 1 saturated heterocycles. The van der Waals surface area contributed by atoms with Crippen molar-refractivity contribution in [1.29, 1.82) is 5.26 Å². The average Bonchev–Trinajstić information content (AvgIpc) is 3.40. The summed E-state index contributed by atoms with van der Waals surface area (Å²) in [5.41, 5.74) is 1.55. The van der Waals surface area contributed by atoms with Gasteiger partial charge in [0, 0.05) is 30.4 Å². The fourth-order valence-electron chi connectivity index (χ4n) is 4.49. The predicted molar refractivity (Wildman–Crippen MR) is 134 cm³/mol. The fourth-order valence-corrected chi connectivity index (χ4v) is 4.49. The van der Waals surface area contributed by atoms with Crippen LogP contribution >= 0.6 is 0 Å². The van der Waals surface area contributed by atoms with E-state index in [2.05, 4.69) is 27.1 Å². The summed E-state index contributed by atoms with van der Waals surface area (Å²) in [7, 11) is 2.99. The molecule has 38 heavy (non-hydrogen) atoms. The van der Waals surface area contributed by atoms with Gasteiger partial charge >= 0.3 is 0 Å². The molecule has 3 aromatic rings. The van der Waals surface area contributed by atoms with Crippen molar-refractivity contribution in [2.75, 3.05) is 20.8 Å². The summed E-state index contributed by atoms with van der Waals surface area (Å²) in [6.45, 7) is 0.209. The largest absolute Gasteiger partial charge is 0.497 e. The molecule has 1 atom stereocenters. The summed E-state index contributed by atoms with van der Waals surface area (Å²) in [5, 5.41) is 11.3. The van der Waals surface area contributed by atoms with Gasteiger partial charge in [-0.15, -0.1) is 0 Å². The molecule has 3 amide bonds. The van der Waals surface area contributed by atoms with E-state index in [1.54, 1.807) is 36.4 Å². The maximum Gasteiger partial charge on any atom is 0.254 e. The lowest BCUT2D eigenvalue weighted by Gasteiger charge is -2.25. The Morgan fingerprint density at radius 1 is 1.11 bits per heavy atom. The van der Waals surface area contributed by atoms with Crippen LogP contribution in [0, 0.1) is 28.6 Å². The highest BCUT2D eigenvalue weighted by molar-refractivity contribution is 6.08. The number of imide groups is 1. The van der Waals surface area contributed by atoms with Crippen molar-refractivity contribution in [3.05, 3.63) is 71.2 Å². The molecule has 0 saturated carbocycles. The highest BCUT2D eigenvalue weighted by Gasteiger charge is 2.48. The van der Waals surface area contributed by atoms with E-state index in [0.29, 0.717) is 28.3 Å². The molecule has 1 N–H and O–H groups in total. The Morgan fingerprint density at radius 2 is 1.95 bits per heavy atom. The van der Waals surface area contributed by atoms with Gasteiger partial charge in [0.05, 0.1) is 26.3 Å². The second kappa shape index (κ2) is 9.68. The van der Waals surface area contributed by atoms with Gasteiger partial charge in [0.1, 0.15) is 22.9 Å². The first-order chi connectivity index (χ1) is 18.4. The molecule has 2 aliphatic rings. The molecule has 2 aromatic heterocycles. The second-order valence-electron chi connectivity index (χ2n) is 8.86. The number of aromatic nitrogens is 2. The maximum absolute atomic E-state index is 13.2. The highest BCUT2D eigenvalue weighted by atomic mass is 16.5. The smallest absolute Gasteiger partial charge is 0.254 e. The quantitative estimate of drug-likeness (QED) is 0.410. The van der Waals surface area contributed by atoms with Gasteiger partial charge in [0.2, 0.25) is 11.8 Å². The zero-order chi connectivity index (χ0) is 26.9. The van der Waals surface area contributed by atoms with E-state index in [4.69, 9.17) is 14.7 Å². The Labute approximate surface area is 218 Å². The minimum Gasteiger partial charge on any atom is -0.497 e. The monoisotopic (exact) mass is 507 g/mol. The third-order valence-corrected chi connectivity index (χ3v) is 6.48. The molecule has 0 unspecified atom stereocenters. The minimum atomic E-state index is -1.46. The Balaban J connectivity index is 1.49. The molecule has 0 aliphatic carbocycles. The number of hydrogen-bond donors (Lipinski definition) is 1. The van der Waals surface area contributed by atoms with Crippen LogP contribution < -0.4 is 14.8 Å². The zero-order valence-electron chi connectivity index (χ0n) is 20.6. The number of nitriles is 1. The van der Waals surface area contributed by atoms with Crippen LogP contribution in [-0.2, 0) is 16.1 Å². The highest BCUT2D eigenvalue weighted by Crippen LogP contribution is 2.34. The topological polar surface area (TPSA) is 135 Å². The number of carbonyl (C=O) groups excluding carboxylic acids is 3. The Morgan fingerprint density at radius 3 is 2.61 bits per heavy atom. The second-order valence-corrected chi connectivity index (χ2v) is 8.86. The first-order valence-corrected chi connectivity index (χ1v) is 11.6. The number of nitrogens with zero attached hydrogens (tertiary/aromatic N) is 4. The van der Waals surface area contributed by atoms with Gasteiger partial charge in [-0.25, -0.2) is 9.97 Å². The number of carbonyl (C=O) groups is 3. The standard InChI is InChI=1S/C28H21N5O5/c1-37-20-6-4-18-15-33(26(35)21(18)11-20)16-28(12-25(34)32-27(28)36)10-9-23-24(38-2)8-7-22(31-23)17-3-5-19(13-29)30-14-17/h3-8,11,14H,12,15-16H2,1-2H3,(H,32,34,36)/t28-/m1/s1. The van der Waals surface area contributed by atoms with Crippen molar-refractivity contribution < 1.29 is 23.9 Å². The van der Waals surface area contributed by atoms with Gasteiger partial charge in [-0.1, -0.05) is 12.0 Å². The van der Waals surface area contributed by atoms with Crippen molar-refractivity contribution in [2.45, 2.75) is 13.0 Å². The molecule has 0 radical (unpaired) electrons. The zero-order valence-corrected chi connectivity index (χ0v) is 20.6. The number of methoxy groups -OCH3 is 2.